The quantitative estimate of drug-likeness (QED) is 0.163. The van der Waals surface area contributed by atoms with Crippen molar-refractivity contribution in [2.45, 2.75) is 96.8 Å². The third kappa shape index (κ3) is 5.98. The summed E-state index contributed by atoms with van der Waals surface area (Å²) in [6.07, 6.45) is 2.34. The van der Waals surface area contributed by atoms with E-state index in [1.807, 2.05) is 11.3 Å². The normalized spacial score (nSPS) is 16.5. The Morgan fingerprint density at radius 1 is 0.467 bits per heavy atom. The van der Waals surface area contributed by atoms with Crippen molar-refractivity contribution in [2.75, 3.05) is 9.71 Å². The minimum absolute atomic E-state index is 0.0363. The highest BCUT2D eigenvalue weighted by Gasteiger charge is 2.57. The molecule has 75 heavy (non-hydrogen) atoms. The van der Waals surface area contributed by atoms with Crippen molar-refractivity contribution in [1.82, 2.24) is 0 Å². The Kier molecular flexibility index (Phi) is 9.22. The Morgan fingerprint density at radius 2 is 1.07 bits per heavy atom. The lowest BCUT2D eigenvalue weighted by atomic mass is 9.42. The van der Waals surface area contributed by atoms with E-state index in [0.717, 1.165) is 6.42 Å². The van der Waals surface area contributed by atoms with Crippen LogP contribution in [-0.4, -0.2) is 6.85 Å². The molecule has 5 aliphatic rings. The summed E-state index contributed by atoms with van der Waals surface area (Å²) >= 11 is 2.01. The second kappa shape index (κ2) is 15.4. The molecular formula is C71H61BN2S. The van der Waals surface area contributed by atoms with Crippen LogP contribution in [0.1, 0.15) is 111 Å². The molecule has 0 bridgehead atoms. The number of fused-ring (bicyclic) bond motifs is 16. The zero-order valence-corrected chi connectivity index (χ0v) is 45.4. The fraction of sp³-hybridized carbons (Fsp3) is 0.211. The van der Waals surface area contributed by atoms with Crippen LogP contribution in [-0.2, 0) is 21.7 Å². The number of nitrogens with zero attached hydrogens (tertiary/aromatic N) is 2. The van der Waals surface area contributed by atoms with Crippen LogP contribution in [0.3, 0.4) is 0 Å². The number of para-hydroxylation sites is 2. The number of rotatable bonds is 3. The highest BCUT2D eigenvalue weighted by atomic mass is 32.1. The average Bonchev–Trinajstić information content (AvgIpc) is 3.96. The molecule has 0 saturated heterocycles. The van der Waals surface area contributed by atoms with E-state index in [0.29, 0.717) is 0 Å². The Balaban J connectivity index is 1.14. The standard InChI is InChI=1S/C71H61BN2S/c1-42-21-19-22-43(2)63(42)45-37-51-49-27-20-31-56-66(49)74(60-32-18-17-30-55(60)71(56)53-28-15-13-25-47(53)48-26-14-16-29-54(48)71)72-64(51)61(38-45)73(59-34-33-46(68(3,4)5)39-50(59)44-23-11-10-12-24-44)67-65(72)52-40-57-58(41-62(52)75-67)70(8,9)36-35-69(57,6)7/h10-34,37-41H,35-36H2,1-9H3. The number of hydrogen-bond acceptors (Lipinski definition) is 3. The molecule has 0 amide bonds. The highest BCUT2D eigenvalue weighted by Crippen LogP contribution is 2.65. The van der Waals surface area contributed by atoms with Gasteiger partial charge in [-0.15, -0.1) is 11.3 Å². The molecule has 9 aromatic carbocycles. The van der Waals surface area contributed by atoms with Gasteiger partial charge in [0.15, 0.2) is 0 Å². The van der Waals surface area contributed by atoms with Crippen molar-refractivity contribution in [3.63, 3.8) is 0 Å². The maximum atomic E-state index is 2.83. The van der Waals surface area contributed by atoms with Crippen LogP contribution >= 0.6 is 11.3 Å². The predicted molar refractivity (Wildman–Crippen MR) is 321 cm³/mol. The van der Waals surface area contributed by atoms with Gasteiger partial charge in [0.05, 0.1) is 16.1 Å². The first-order valence-corrected chi connectivity index (χ1v) is 28.1. The summed E-state index contributed by atoms with van der Waals surface area (Å²) in [5, 5.41) is 2.69. The van der Waals surface area contributed by atoms with E-state index in [9.17, 15) is 0 Å². The molecule has 0 saturated carbocycles. The van der Waals surface area contributed by atoms with Crippen LogP contribution in [0.15, 0.2) is 182 Å². The average molecular weight is 985 g/mol. The van der Waals surface area contributed by atoms with Gasteiger partial charge in [-0.3, -0.25) is 0 Å². The van der Waals surface area contributed by atoms with Crippen LogP contribution in [0.5, 0.6) is 0 Å². The molecule has 364 valence electrons. The molecule has 15 rings (SSSR count). The molecule has 2 aliphatic carbocycles. The Morgan fingerprint density at radius 3 is 1.76 bits per heavy atom. The number of hydrogen-bond donors (Lipinski definition) is 0. The molecule has 1 aromatic heterocycles. The van der Waals surface area contributed by atoms with Gasteiger partial charge in [0.2, 0.25) is 0 Å². The van der Waals surface area contributed by atoms with Crippen molar-refractivity contribution in [2.24, 2.45) is 0 Å². The minimum atomic E-state index is -0.523. The third-order valence-corrected chi connectivity index (χ3v) is 19.7. The molecule has 10 aromatic rings. The molecule has 0 N–H and O–H groups in total. The predicted octanol–water partition coefficient (Wildman–Crippen LogP) is 17.9. The van der Waals surface area contributed by atoms with Gasteiger partial charge in [-0.2, -0.15) is 0 Å². The Hall–Kier alpha value is -7.40. The van der Waals surface area contributed by atoms with Crippen LogP contribution in [0.4, 0.5) is 27.8 Å². The molecule has 0 fully saturated rings. The van der Waals surface area contributed by atoms with E-state index < -0.39 is 5.41 Å². The molecule has 0 unspecified atom stereocenters. The van der Waals surface area contributed by atoms with Gasteiger partial charge in [0.1, 0.15) is 0 Å². The second-order valence-electron chi connectivity index (χ2n) is 24.7. The molecule has 0 radical (unpaired) electrons. The SMILES string of the molecule is Cc1cccc(C)c1-c1cc2c3c(c1)N(c1ccc(C(C)(C)C)cc1-c1ccccc1)c1sc4cc5c(cc4c1B3N1c3ccccc3C3(c4ccccc4-c4ccccc43)c3cccc-2c31)C(C)(C)CCC5(C)C. The molecule has 1 spiro atoms. The van der Waals surface area contributed by atoms with Crippen molar-refractivity contribution in [1.29, 1.82) is 0 Å². The Bertz CT molecular complexity index is 4040. The zero-order chi connectivity index (χ0) is 51.1. The first-order chi connectivity index (χ1) is 36.2. The number of aryl methyl sites for hydroxylation is 2. The van der Waals surface area contributed by atoms with E-state index in [1.165, 1.54) is 150 Å². The smallest absolute Gasteiger partial charge is 0.334 e. The molecule has 4 heteroatoms. The molecule has 2 nitrogen and oxygen atoms in total. The number of benzene rings is 9. The minimum Gasteiger partial charge on any atom is -0.376 e. The second-order valence-corrected chi connectivity index (χ2v) is 25.8. The summed E-state index contributed by atoms with van der Waals surface area (Å²) < 4.78 is 1.37. The topological polar surface area (TPSA) is 6.48 Å². The van der Waals surface area contributed by atoms with Gasteiger partial charge in [-0.05, 0) is 185 Å². The third-order valence-electron chi connectivity index (χ3n) is 18.5. The Labute approximate surface area is 447 Å². The number of anilines is 5. The molecule has 4 heterocycles. The molecule has 0 atom stereocenters. The maximum absolute atomic E-state index is 2.83. The summed E-state index contributed by atoms with van der Waals surface area (Å²) in [4.78, 5) is 5.56. The van der Waals surface area contributed by atoms with E-state index in [-0.39, 0.29) is 23.1 Å². The van der Waals surface area contributed by atoms with Crippen molar-refractivity contribution < 1.29 is 0 Å². The van der Waals surface area contributed by atoms with Gasteiger partial charge >= 0.3 is 6.85 Å². The van der Waals surface area contributed by atoms with Crippen LogP contribution < -0.4 is 20.6 Å². The summed E-state index contributed by atoms with van der Waals surface area (Å²) in [6, 6.07) is 71.1. The first kappa shape index (κ1) is 45.0. The molecular weight excluding hydrogens is 924 g/mol. The summed E-state index contributed by atoms with van der Waals surface area (Å²) in [5.41, 5.74) is 30.0. The summed E-state index contributed by atoms with van der Waals surface area (Å²) in [5.74, 6) is 0. The maximum Gasteiger partial charge on any atom is 0.334 e. The van der Waals surface area contributed by atoms with Gasteiger partial charge < -0.3 is 9.71 Å². The van der Waals surface area contributed by atoms with Crippen LogP contribution in [0, 0.1) is 13.8 Å². The van der Waals surface area contributed by atoms with Crippen molar-refractivity contribution in [3.8, 4) is 44.5 Å². The van der Waals surface area contributed by atoms with Gasteiger partial charge in [0.25, 0.3) is 0 Å². The van der Waals surface area contributed by atoms with Crippen LogP contribution in [0.2, 0.25) is 0 Å². The lowest BCUT2D eigenvalue weighted by molar-refractivity contribution is 0.332. The lowest BCUT2D eigenvalue weighted by Gasteiger charge is -2.52. The van der Waals surface area contributed by atoms with E-state index in [4.69, 9.17) is 0 Å². The largest absolute Gasteiger partial charge is 0.376 e. The summed E-state index contributed by atoms with van der Waals surface area (Å²) in [6.45, 7) is 21.4. The van der Waals surface area contributed by atoms with Gasteiger partial charge in [-0.1, -0.05) is 188 Å². The van der Waals surface area contributed by atoms with E-state index in [2.05, 4.69) is 254 Å². The van der Waals surface area contributed by atoms with Crippen LogP contribution in [0.25, 0.3) is 54.6 Å². The number of thiophene rings is 1. The first-order valence-electron chi connectivity index (χ1n) is 27.2. The fourth-order valence-corrected chi connectivity index (χ4v) is 16.1. The van der Waals surface area contributed by atoms with Crippen molar-refractivity contribution >= 4 is 66.9 Å². The fourth-order valence-electron chi connectivity index (χ4n) is 14.8. The summed E-state index contributed by atoms with van der Waals surface area (Å²) in [7, 11) is 0. The highest BCUT2D eigenvalue weighted by molar-refractivity contribution is 7.26. The monoisotopic (exact) mass is 984 g/mol. The van der Waals surface area contributed by atoms with Gasteiger partial charge in [0, 0.05) is 32.9 Å². The van der Waals surface area contributed by atoms with E-state index >= 15 is 0 Å². The molecule has 3 aliphatic heterocycles. The lowest BCUT2D eigenvalue weighted by Crippen LogP contribution is -2.63. The van der Waals surface area contributed by atoms with E-state index in [1.54, 1.807) is 0 Å². The zero-order valence-electron chi connectivity index (χ0n) is 44.6. The van der Waals surface area contributed by atoms with Crippen molar-refractivity contribution in [3.05, 3.63) is 232 Å². The van der Waals surface area contributed by atoms with Gasteiger partial charge in [-0.25, -0.2) is 0 Å².